The summed E-state index contributed by atoms with van der Waals surface area (Å²) < 4.78 is 5.94. The lowest BCUT2D eigenvalue weighted by Gasteiger charge is -2.33. The van der Waals surface area contributed by atoms with Gasteiger partial charge in [-0.05, 0) is 94.1 Å². The smallest absolute Gasteiger partial charge is 0.329 e. The molecule has 2 aliphatic heterocycles. The fraction of sp³-hybridized carbons (Fsp3) is 0.683. The van der Waals surface area contributed by atoms with Crippen LogP contribution in [0.3, 0.4) is 0 Å². The number of nitrogens with zero attached hydrogens (tertiary/aromatic N) is 1. The SMILES string of the molecule is C/C=C1\NC(=O)[C@H](Cc2ccccc2)NC(=O)[C@@H](C(C)C)NC(=O)[C@@H]([C@@H](C)CC)NC(=O)[C@H](NC(=O)[C@H](NC(=O)[C@H](CCCN)NC(=O)[C@H]2CCCN2C(=O)[C@H](NC(=O)[C@@H](NC(=O)[C@@H](N)[C@@H](C)O)C(C)C)C(C)C)[C@@H](C)CC)[C@@H](C)OC(=O)[C@H](C(C)C)NC1=O. The zero-order valence-electron chi connectivity index (χ0n) is 55.2. The van der Waals surface area contributed by atoms with E-state index >= 15 is 0 Å². The maximum atomic E-state index is 14.9. The minimum absolute atomic E-state index is 0.0184. The van der Waals surface area contributed by atoms with E-state index in [0.717, 1.165) is 0 Å². The molecule has 15 atom stereocenters. The lowest BCUT2D eigenvalue weighted by molar-refractivity contribution is -0.157. The van der Waals surface area contributed by atoms with Gasteiger partial charge in [0.15, 0.2) is 0 Å². The molecule has 504 valence electrons. The van der Waals surface area contributed by atoms with Crippen LogP contribution < -0.4 is 64.6 Å². The Balaban J connectivity index is 2.06. The third-order valence-corrected chi connectivity index (χ3v) is 16.6. The quantitative estimate of drug-likeness (QED) is 0.0442. The van der Waals surface area contributed by atoms with Crippen molar-refractivity contribution in [2.24, 2.45) is 47.0 Å². The number of likely N-dealkylation sites (tertiary alicyclic amines) is 1. The van der Waals surface area contributed by atoms with Crippen molar-refractivity contribution in [3.05, 3.63) is 47.7 Å². The number of aliphatic hydroxyl groups excluding tert-OH is 1. The highest BCUT2D eigenvalue weighted by atomic mass is 16.5. The summed E-state index contributed by atoms with van der Waals surface area (Å²) in [6.07, 6.45) is -0.0990. The molecule has 0 bridgehead atoms. The minimum Gasteiger partial charge on any atom is -0.458 e. The lowest BCUT2D eigenvalue weighted by atomic mass is 9.95. The Morgan fingerprint density at radius 1 is 0.700 bits per heavy atom. The Morgan fingerprint density at radius 3 is 1.82 bits per heavy atom. The van der Waals surface area contributed by atoms with Crippen molar-refractivity contribution in [2.75, 3.05) is 13.1 Å². The molecule has 27 heteroatoms. The molecule has 1 aromatic rings. The molecular weight excluding hydrogens is 1160 g/mol. The van der Waals surface area contributed by atoms with Crippen LogP contribution in [-0.2, 0) is 68.7 Å². The topological polar surface area (TPSA) is 410 Å². The predicted molar refractivity (Wildman–Crippen MR) is 336 cm³/mol. The monoisotopic (exact) mass is 1270 g/mol. The third kappa shape index (κ3) is 21.9. The van der Waals surface area contributed by atoms with E-state index in [0.29, 0.717) is 18.4 Å². The molecule has 15 N–H and O–H groups in total. The molecule has 3 rings (SSSR count). The number of hydrogen-bond donors (Lipinski definition) is 13. The number of carbonyl (C=O) groups excluding carboxylic acids is 12. The summed E-state index contributed by atoms with van der Waals surface area (Å²) in [4.78, 5) is 172. The number of allylic oxidation sites excluding steroid dienone is 1. The Kier molecular flexibility index (Phi) is 31.0. The highest BCUT2D eigenvalue weighted by Crippen LogP contribution is 2.23. The molecule has 90 heavy (non-hydrogen) atoms. The molecule has 0 saturated carbocycles. The molecule has 0 aliphatic carbocycles. The second kappa shape index (κ2) is 36.4. The molecule has 1 aromatic carbocycles. The van der Waals surface area contributed by atoms with E-state index in [1.807, 2.05) is 0 Å². The fourth-order valence-electron chi connectivity index (χ4n) is 10.3. The van der Waals surface area contributed by atoms with Crippen molar-refractivity contribution in [1.29, 1.82) is 0 Å². The van der Waals surface area contributed by atoms with E-state index in [-0.39, 0.29) is 50.9 Å². The number of cyclic esters (lactones) is 1. The van der Waals surface area contributed by atoms with Crippen LogP contribution in [0, 0.1) is 35.5 Å². The van der Waals surface area contributed by atoms with Gasteiger partial charge in [0.25, 0.3) is 5.91 Å². The first kappa shape index (κ1) is 76.7. The standard InChI is InChI=1S/C63H103N13O14/c1-16-35(12)49(73-53(79)41(26-22-28-64)67-55(81)43-27-23-29-76(43)62(88)47(33(8)9)71-58(84)46(32(6)7)69-56(82)44(65)37(14)77)60(86)75-51-38(15)90-63(89)48(34(10)11)72-52(78)40(18-3)66-54(80)42(30-39-24-20-19-21-25-39)68-57(83)45(31(4)5)70-59(85)50(36(13)17-2)74-61(51)87/h18-21,24-25,31-38,41-51,77H,16-17,22-23,26-30,64-65H2,1-15H3,(H,66,80)(H,67,81)(H,68,83)(H,69,82)(H,70,85)(H,71,84)(H,72,78)(H,73,79)(H,74,87)(H,75,86)/b40-18-/t35-,36-,37+,38+,41-,42-,43+,44-,45+,46-,47+,48-,49+,50+,51+/m0/s1. The van der Waals surface area contributed by atoms with Gasteiger partial charge in [0.05, 0.1) is 6.10 Å². The molecule has 2 fully saturated rings. The van der Waals surface area contributed by atoms with Crippen LogP contribution in [0.5, 0.6) is 0 Å². The van der Waals surface area contributed by atoms with Gasteiger partial charge in [-0.2, -0.15) is 0 Å². The fourth-order valence-corrected chi connectivity index (χ4v) is 10.3. The highest BCUT2D eigenvalue weighted by molar-refractivity contribution is 6.02. The molecular formula is C63H103N13O14. The Hall–Kier alpha value is -7.52. The number of amides is 11. The summed E-state index contributed by atoms with van der Waals surface area (Å²) >= 11 is 0. The second-order valence-corrected chi connectivity index (χ2v) is 25.1. The van der Waals surface area contributed by atoms with E-state index in [1.54, 1.807) is 113 Å². The van der Waals surface area contributed by atoms with Crippen LogP contribution in [0.1, 0.15) is 148 Å². The average Bonchev–Trinajstić information content (AvgIpc) is 1.64. The van der Waals surface area contributed by atoms with E-state index in [9.17, 15) is 62.6 Å². The predicted octanol–water partition coefficient (Wildman–Crippen LogP) is -0.288. The van der Waals surface area contributed by atoms with Gasteiger partial charge in [-0.15, -0.1) is 0 Å². The Bertz CT molecular complexity index is 2690. The van der Waals surface area contributed by atoms with E-state index in [1.165, 1.54) is 31.7 Å². The number of nitrogens with one attached hydrogen (secondary N) is 10. The first-order valence-electron chi connectivity index (χ1n) is 31.6. The first-order chi connectivity index (χ1) is 42.2. The molecule has 2 saturated heterocycles. The van der Waals surface area contributed by atoms with Crippen molar-refractivity contribution in [2.45, 2.75) is 227 Å². The number of esters is 1. The second-order valence-electron chi connectivity index (χ2n) is 25.1. The van der Waals surface area contributed by atoms with Crippen LogP contribution >= 0.6 is 0 Å². The lowest BCUT2D eigenvalue weighted by Crippen LogP contribution is -2.64. The maximum absolute atomic E-state index is 14.9. The summed E-state index contributed by atoms with van der Waals surface area (Å²) in [5, 5.41) is 36.8. The highest BCUT2D eigenvalue weighted by Gasteiger charge is 2.44. The minimum atomic E-state index is -1.80. The molecule has 2 aliphatic rings. The number of aliphatic hydroxyl groups is 1. The van der Waals surface area contributed by atoms with Gasteiger partial charge in [-0.3, -0.25) is 52.7 Å². The zero-order valence-corrected chi connectivity index (χ0v) is 55.2. The summed E-state index contributed by atoms with van der Waals surface area (Å²) in [6.45, 7) is 24.5. The van der Waals surface area contributed by atoms with Crippen molar-refractivity contribution >= 4 is 70.9 Å². The molecule has 11 amide bonds. The summed E-state index contributed by atoms with van der Waals surface area (Å²) in [5.74, 6) is -13.3. The number of rotatable bonds is 25. The molecule has 27 nitrogen and oxygen atoms in total. The number of hydrogen-bond acceptors (Lipinski definition) is 16. The number of ether oxygens (including phenoxy) is 1. The van der Waals surface area contributed by atoms with Crippen molar-refractivity contribution in [3.8, 4) is 0 Å². The van der Waals surface area contributed by atoms with E-state index in [2.05, 4.69) is 53.2 Å². The van der Waals surface area contributed by atoms with Crippen LogP contribution in [0.2, 0.25) is 0 Å². The Labute approximate surface area is 529 Å². The third-order valence-electron chi connectivity index (χ3n) is 16.6. The van der Waals surface area contributed by atoms with Crippen LogP contribution in [0.25, 0.3) is 0 Å². The van der Waals surface area contributed by atoms with Gasteiger partial charge >= 0.3 is 5.97 Å². The van der Waals surface area contributed by atoms with E-state index in [4.69, 9.17) is 16.2 Å². The summed E-state index contributed by atoms with van der Waals surface area (Å²) in [7, 11) is 0. The van der Waals surface area contributed by atoms with Crippen LogP contribution in [-0.4, -0.2) is 173 Å². The molecule has 2 heterocycles. The van der Waals surface area contributed by atoms with Crippen molar-refractivity contribution < 1.29 is 67.4 Å². The largest absolute Gasteiger partial charge is 0.458 e. The Morgan fingerprint density at radius 2 is 1.28 bits per heavy atom. The molecule has 0 radical (unpaired) electrons. The van der Waals surface area contributed by atoms with E-state index < -0.39 is 185 Å². The number of carbonyl (C=O) groups is 12. The average molecular weight is 1270 g/mol. The van der Waals surface area contributed by atoms with Crippen LogP contribution in [0.4, 0.5) is 0 Å². The van der Waals surface area contributed by atoms with Gasteiger partial charge in [0.1, 0.15) is 78.3 Å². The van der Waals surface area contributed by atoms with Gasteiger partial charge in [0, 0.05) is 13.0 Å². The summed E-state index contributed by atoms with van der Waals surface area (Å²) in [5.41, 5.74) is 12.1. The molecule has 0 aromatic heterocycles. The number of nitrogens with two attached hydrogens (primary N) is 2. The maximum Gasteiger partial charge on any atom is 0.329 e. The molecule has 0 unspecified atom stereocenters. The van der Waals surface area contributed by atoms with Gasteiger partial charge in [0.2, 0.25) is 59.1 Å². The van der Waals surface area contributed by atoms with Gasteiger partial charge < -0.3 is 79.4 Å². The molecule has 0 spiro atoms. The first-order valence-corrected chi connectivity index (χ1v) is 31.6. The van der Waals surface area contributed by atoms with Gasteiger partial charge in [-0.25, -0.2) is 4.79 Å². The zero-order chi connectivity index (χ0) is 68.0. The number of benzene rings is 1. The van der Waals surface area contributed by atoms with Crippen molar-refractivity contribution in [3.63, 3.8) is 0 Å². The van der Waals surface area contributed by atoms with Gasteiger partial charge in [-0.1, -0.05) is 132 Å². The van der Waals surface area contributed by atoms with Crippen LogP contribution in [0.15, 0.2) is 42.1 Å². The summed E-state index contributed by atoms with van der Waals surface area (Å²) in [6, 6.07) is -5.85. The normalized spacial score (nSPS) is 24.0. The van der Waals surface area contributed by atoms with Crippen molar-refractivity contribution in [1.82, 2.24) is 58.1 Å².